The van der Waals surface area contributed by atoms with Crippen molar-refractivity contribution < 1.29 is 14.3 Å². The monoisotopic (exact) mass is 266 g/mol. The number of fused-ring (bicyclic) bond motifs is 1. The molecule has 2 aromatic heterocycles. The standard InChI is InChI=1S/C12H11ClN2O3/c1-3-18-12(17)11-9(6-16)15-7(2)8(13)4-5-10(15)14-11/h4-6H,3H2,1-2H3. The van der Waals surface area contributed by atoms with Crippen LogP contribution in [0.4, 0.5) is 0 Å². The van der Waals surface area contributed by atoms with Crippen LogP contribution < -0.4 is 0 Å². The Kier molecular flexibility index (Phi) is 3.34. The van der Waals surface area contributed by atoms with Crippen molar-refractivity contribution in [3.05, 3.63) is 34.2 Å². The Morgan fingerprint density at radius 1 is 1.56 bits per heavy atom. The molecule has 0 spiro atoms. The number of aromatic nitrogens is 2. The van der Waals surface area contributed by atoms with Crippen molar-refractivity contribution in [2.24, 2.45) is 0 Å². The number of pyridine rings is 1. The summed E-state index contributed by atoms with van der Waals surface area (Å²) in [4.78, 5) is 27.0. The molecule has 2 rings (SSSR count). The summed E-state index contributed by atoms with van der Waals surface area (Å²) in [5, 5.41) is 0.499. The molecule has 0 radical (unpaired) electrons. The SMILES string of the molecule is CCOC(=O)c1nc2ccc(Cl)c(C)n2c1C=O. The largest absolute Gasteiger partial charge is 0.461 e. The molecule has 0 aliphatic rings. The van der Waals surface area contributed by atoms with Crippen LogP contribution in [0.1, 0.15) is 33.6 Å². The van der Waals surface area contributed by atoms with Gasteiger partial charge in [0.2, 0.25) is 0 Å². The molecule has 0 fully saturated rings. The van der Waals surface area contributed by atoms with Crippen molar-refractivity contribution in [3.8, 4) is 0 Å². The molecule has 0 aliphatic carbocycles. The number of carbonyl (C=O) groups excluding carboxylic acids is 2. The molecule has 0 aromatic carbocycles. The Balaban J connectivity index is 2.73. The summed E-state index contributed by atoms with van der Waals surface area (Å²) in [6, 6.07) is 3.31. The fraction of sp³-hybridized carbons (Fsp3) is 0.250. The van der Waals surface area contributed by atoms with Gasteiger partial charge in [0, 0.05) is 5.69 Å². The number of carbonyl (C=O) groups is 2. The van der Waals surface area contributed by atoms with Gasteiger partial charge in [-0.05, 0) is 26.0 Å². The van der Waals surface area contributed by atoms with Gasteiger partial charge in [-0.15, -0.1) is 0 Å². The minimum Gasteiger partial charge on any atom is -0.461 e. The average molecular weight is 267 g/mol. The highest BCUT2D eigenvalue weighted by atomic mass is 35.5. The van der Waals surface area contributed by atoms with E-state index in [1.54, 1.807) is 30.4 Å². The maximum absolute atomic E-state index is 11.7. The van der Waals surface area contributed by atoms with Crippen LogP contribution in [-0.4, -0.2) is 28.2 Å². The second-order valence-corrected chi connectivity index (χ2v) is 4.05. The van der Waals surface area contributed by atoms with Crippen LogP contribution in [0.25, 0.3) is 5.65 Å². The summed E-state index contributed by atoms with van der Waals surface area (Å²) in [6.45, 7) is 3.67. The molecule has 5 nitrogen and oxygen atoms in total. The van der Waals surface area contributed by atoms with E-state index in [1.807, 2.05) is 0 Å². The molecule has 18 heavy (non-hydrogen) atoms. The third-order valence-electron chi connectivity index (χ3n) is 2.58. The molecule has 0 atom stereocenters. The molecule has 6 heteroatoms. The normalized spacial score (nSPS) is 10.6. The summed E-state index contributed by atoms with van der Waals surface area (Å²) < 4.78 is 6.41. The summed E-state index contributed by atoms with van der Waals surface area (Å²) >= 11 is 5.99. The summed E-state index contributed by atoms with van der Waals surface area (Å²) in [6.07, 6.45) is 0.579. The maximum Gasteiger partial charge on any atom is 0.359 e. The van der Waals surface area contributed by atoms with Gasteiger partial charge in [0.1, 0.15) is 11.3 Å². The van der Waals surface area contributed by atoms with Crippen LogP contribution >= 0.6 is 11.6 Å². The summed E-state index contributed by atoms with van der Waals surface area (Å²) in [5.41, 5.74) is 1.31. The highest BCUT2D eigenvalue weighted by Crippen LogP contribution is 2.20. The predicted octanol–water partition coefficient (Wildman–Crippen LogP) is 2.29. The summed E-state index contributed by atoms with van der Waals surface area (Å²) in [7, 11) is 0. The number of aryl methyl sites for hydroxylation is 1. The van der Waals surface area contributed by atoms with Crippen molar-refractivity contribution in [3.63, 3.8) is 0 Å². The van der Waals surface area contributed by atoms with E-state index in [9.17, 15) is 9.59 Å². The molecular weight excluding hydrogens is 256 g/mol. The van der Waals surface area contributed by atoms with Gasteiger partial charge in [-0.3, -0.25) is 9.20 Å². The molecule has 2 aromatic rings. The van der Waals surface area contributed by atoms with Gasteiger partial charge in [-0.25, -0.2) is 9.78 Å². The Morgan fingerprint density at radius 2 is 2.28 bits per heavy atom. The second kappa shape index (κ2) is 4.78. The van der Waals surface area contributed by atoms with Gasteiger partial charge < -0.3 is 4.74 Å². The number of halogens is 1. The van der Waals surface area contributed by atoms with Crippen LogP contribution in [-0.2, 0) is 4.74 Å². The van der Waals surface area contributed by atoms with Crippen molar-refractivity contribution in [2.45, 2.75) is 13.8 Å². The maximum atomic E-state index is 11.7. The van der Waals surface area contributed by atoms with Crippen LogP contribution in [0.2, 0.25) is 5.02 Å². The van der Waals surface area contributed by atoms with Crippen molar-refractivity contribution in [1.29, 1.82) is 0 Å². The number of hydrogen-bond donors (Lipinski definition) is 0. The van der Waals surface area contributed by atoms with E-state index in [4.69, 9.17) is 16.3 Å². The van der Waals surface area contributed by atoms with E-state index in [0.29, 0.717) is 22.6 Å². The van der Waals surface area contributed by atoms with Gasteiger partial charge in [-0.1, -0.05) is 11.6 Å². The number of esters is 1. The van der Waals surface area contributed by atoms with Gasteiger partial charge in [0.15, 0.2) is 12.0 Å². The lowest BCUT2D eigenvalue weighted by Gasteiger charge is -2.03. The Morgan fingerprint density at radius 3 is 2.89 bits per heavy atom. The molecule has 0 saturated carbocycles. The van der Waals surface area contributed by atoms with Crippen molar-refractivity contribution >= 4 is 29.5 Å². The van der Waals surface area contributed by atoms with E-state index in [0.717, 1.165) is 0 Å². The quantitative estimate of drug-likeness (QED) is 0.632. The van der Waals surface area contributed by atoms with Gasteiger partial charge in [-0.2, -0.15) is 0 Å². The average Bonchev–Trinajstić information content (AvgIpc) is 2.73. The molecular formula is C12H11ClN2O3. The third kappa shape index (κ3) is 1.86. The number of ether oxygens (including phenoxy) is 1. The summed E-state index contributed by atoms with van der Waals surface area (Å²) in [5.74, 6) is -0.612. The highest BCUT2D eigenvalue weighted by Gasteiger charge is 2.21. The number of rotatable bonds is 3. The molecule has 0 aliphatic heterocycles. The topological polar surface area (TPSA) is 60.7 Å². The van der Waals surface area contributed by atoms with E-state index >= 15 is 0 Å². The van der Waals surface area contributed by atoms with Gasteiger partial charge in [0.05, 0.1) is 11.6 Å². The number of nitrogens with zero attached hydrogens (tertiary/aromatic N) is 2. The minimum absolute atomic E-state index is 0.0113. The lowest BCUT2D eigenvalue weighted by Crippen LogP contribution is -2.08. The number of imidazole rings is 1. The van der Waals surface area contributed by atoms with E-state index < -0.39 is 5.97 Å². The lowest BCUT2D eigenvalue weighted by atomic mass is 10.3. The first-order valence-corrected chi connectivity index (χ1v) is 5.77. The fourth-order valence-electron chi connectivity index (χ4n) is 1.75. The number of aldehydes is 1. The number of hydrogen-bond acceptors (Lipinski definition) is 4. The third-order valence-corrected chi connectivity index (χ3v) is 2.98. The van der Waals surface area contributed by atoms with Gasteiger partial charge in [0.25, 0.3) is 0 Å². The van der Waals surface area contributed by atoms with Gasteiger partial charge >= 0.3 is 5.97 Å². The first-order chi connectivity index (χ1) is 8.60. The van der Waals surface area contributed by atoms with E-state index in [-0.39, 0.29) is 18.0 Å². The fourth-order valence-corrected chi connectivity index (χ4v) is 1.90. The van der Waals surface area contributed by atoms with Crippen LogP contribution in [0.15, 0.2) is 12.1 Å². The van der Waals surface area contributed by atoms with Crippen molar-refractivity contribution in [1.82, 2.24) is 9.38 Å². The van der Waals surface area contributed by atoms with E-state index in [1.165, 1.54) is 0 Å². The van der Waals surface area contributed by atoms with Crippen LogP contribution in [0.5, 0.6) is 0 Å². The Bertz CT molecular complexity index is 634. The van der Waals surface area contributed by atoms with E-state index in [2.05, 4.69) is 4.98 Å². The molecule has 0 unspecified atom stereocenters. The predicted molar refractivity (Wildman–Crippen MR) is 66.3 cm³/mol. The second-order valence-electron chi connectivity index (χ2n) is 3.64. The molecule has 94 valence electrons. The first-order valence-electron chi connectivity index (χ1n) is 5.40. The molecule has 0 saturated heterocycles. The smallest absolute Gasteiger partial charge is 0.359 e. The highest BCUT2D eigenvalue weighted by molar-refractivity contribution is 6.31. The zero-order valence-corrected chi connectivity index (χ0v) is 10.7. The molecule has 0 amide bonds. The Labute approximate surface area is 108 Å². The first kappa shape index (κ1) is 12.6. The van der Waals surface area contributed by atoms with Crippen LogP contribution in [0.3, 0.4) is 0 Å². The van der Waals surface area contributed by atoms with Crippen molar-refractivity contribution in [2.75, 3.05) is 6.61 Å². The zero-order chi connectivity index (χ0) is 13.3. The zero-order valence-electron chi connectivity index (χ0n) is 9.94. The van der Waals surface area contributed by atoms with Crippen LogP contribution in [0, 0.1) is 6.92 Å². The Hall–Kier alpha value is -1.88. The molecule has 0 N–H and O–H groups in total. The molecule has 2 heterocycles. The molecule has 0 bridgehead atoms. The minimum atomic E-state index is -0.612. The lowest BCUT2D eigenvalue weighted by molar-refractivity contribution is 0.0518.